The molecule has 5 nitrogen and oxygen atoms in total. The zero-order chi connectivity index (χ0) is 14.4. The summed E-state index contributed by atoms with van der Waals surface area (Å²) in [6.07, 6.45) is 2.22. The first-order valence-corrected chi connectivity index (χ1v) is 7.74. The highest BCUT2D eigenvalue weighted by atomic mass is 32.2. The molecule has 0 fully saturated rings. The lowest BCUT2D eigenvalue weighted by Gasteiger charge is -2.07. The molecule has 20 heavy (non-hydrogen) atoms. The molecule has 0 atom stereocenters. The number of rotatable bonds is 7. The fraction of sp³-hybridized carbons (Fsp3) is 0.286. The Morgan fingerprint density at radius 2 is 1.95 bits per heavy atom. The van der Waals surface area contributed by atoms with Crippen molar-refractivity contribution in [3.63, 3.8) is 0 Å². The van der Waals surface area contributed by atoms with Crippen LogP contribution in [0.1, 0.15) is 6.42 Å². The van der Waals surface area contributed by atoms with E-state index in [0.29, 0.717) is 25.3 Å². The zero-order valence-electron chi connectivity index (χ0n) is 11.2. The average molecular weight is 295 g/mol. The quantitative estimate of drug-likeness (QED) is 0.796. The number of nitrogens with one attached hydrogen (secondary N) is 1. The number of hydrogen-bond acceptors (Lipinski definition) is 4. The third kappa shape index (κ3) is 3.69. The van der Waals surface area contributed by atoms with E-state index in [0.717, 1.165) is 5.56 Å². The van der Waals surface area contributed by atoms with Gasteiger partial charge in [0.05, 0.1) is 11.2 Å². The van der Waals surface area contributed by atoms with Crippen LogP contribution in [0.4, 0.5) is 0 Å². The third-order valence-corrected chi connectivity index (χ3v) is 4.26. The molecule has 1 aromatic carbocycles. The van der Waals surface area contributed by atoms with E-state index in [9.17, 15) is 8.42 Å². The van der Waals surface area contributed by atoms with E-state index in [4.69, 9.17) is 9.15 Å². The second-order valence-corrected chi connectivity index (χ2v) is 6.01. The number of hydrogen-bond donors (Lipinski definition) is 1. The van der Waals surface area contributed by atoms with E-state index in [1.807, 2.05) is 6.07 Å². The van der Waals surface area contributed by atoms with Crippen molar-refractivity contribution in [2.75, 3.05) is 20.3 Å². The van der Waals surface area contributed by atoms with Crippen molar-refractivity contribution >= 4 is 10.0 Å². The second-order valence-electron chi connectivity index (χ2n) is 4.25. The van der Waals surface area contributed by atoms with Gasteiger partial charge in [0.25, 0.3) is 0 Å². The van der Waals surface area contributed by atoms with Gasteiger partial charge in [-0.2, -0.15) is 0 Å². The second kappa shape index (κ2) is 6.69. The van der Waals surface area contributed by atoms with E-state index in [2.05, 4.69) is 4.72 Å². The zero-order valence-corrected chi connectivity index (χ0v) is 12.0. The van der Waals surface area contributed by atoms with Gasteiger partial charge in [0.2, 0.25) is 10.0 Å². The topological polar surface area (TPSA) is 68.5 Å². The molecule has 1 aromatic heterocycles. The molecule has 0 aliphatic carbocycles. The molecule has 2 aromatic rings. The van der Waals surface area contributed by atoms with Gasteiger partial charge in [-0.25, -0.2) is 13.1 Å². The van der Waals surface area contributed by atoms with Crippen molar-refractivity contribution in [2.24, 2.45) is 0 Å². The van der Waals surface area contributed by atoms with Crippen LogP contribution in [-0.4, -0.2) is 28.7 Å². The highest BCUT2D eigenvalue weighted by Crippen LogP contribution is 2.21. The molecule has 6 heteroatoms. The van der Waals surface area contributed by atoms with Gasteiger partial charge < -0.3 is 9.15 Å². The largest absolute Gasteiger partial charge is 0.464 e. The molecule has 2 rings (SSSR count). The molecule has 0 bridgehead atoms. The van der Waals surface area contributed by atoms with Crippen LogP contribution in [0.25, 0.3) is 11.3 Å². The number of sulfonamides is 1. The van der Waals surface area contributed by atoms with Crippen LogP contribution in [0.2, 0.25) is 0 Å². The van der Waals surface area contributed by atoms with E-state index in [1.165, 1.54) is 0 Å². The Labute approximate surface area is 118 Å². The minimum atomic E-state index is -3.46. The van der Waals surface area contributed by atoms with Crippen molar-refractivity contribution in [1.29, 1.82) is 0 Å². The third-order valence-electron chi connectivity index (χ3n) is 2.79. The predicted molar refractivity (Wildman–Crippen MR) is 75.8 cm³/mol. The molecule has 1 N–H and O–H groups in total. The maximum atomic E-state index is 12.0. The van der Waals surface area contributed by atoms with Crippen LogP contribution in [-0.2, 0) is 14.8 Å². The predicted octanol–water partition coefficient (Wildman–Crippen LogP) is 2.26. The molecule has 0 saturated carbocycles. The van der Waals surface area contributed by atoms with Gasteiger partial charge in [0.1, 0.15) is 5.76 Å². The van der Waals surface area contributed by atoms with Gasteiger partial charge in [0, 0.05) is 25.8 Å². The van der Waals surface area contributed by atoms with Crippen LogP contribution in [0, 0.1) is 0 Å². The minimum absolute atomic E-state index is 0.241. The number of benzene rings is 1. The number of ether oxygens (including phenoxy) is 1. The summed E-state index contributed by atoms with van der Waals surface area (Å²) < 4.78 is 36.7. The molecule has 0 amide bonds. The van der Waals surface area contributed by atoms with Crippen molar-refractivity contribution in [3.8, 4) is 11.3 Å². The van der Waals surface area contributed by atoms with Gasteiger partial charge in [-0.3, -0.25) is 0 Å². The molecule has 0 radical (unpaired) electrons. The van der Waals surface area contributed by atoms with E-state index >= 15 is 0 Å². The van der Waals surface area contributed by atoms with Crippen molar-refractivity contribution in [2.45, 2.75) is 11.3 Å². The van der Waals surface area contributed by atoms with Gasteiger partial charge >= 0.3 is 0 Å². The molecule has 0 saturated heterocycles. The lowest BCUT2D eigenvalue weighted by Crippen LogP contribution is -2.25. The SMILES string of the molecule is COCCCNS(=O)(=O)c1ccc(-c2ccco2)cc1. The highest BCUT2D eigenvalue weighted by Gasteiger charge is 2.13. The Balaban J connectivity index is 2.05. The minimum Gasteiger partial charge on any atom is -0.464 e. The molecular weight excluding hydrogens is 278 g/mol. The van der Waals surface area contributed by atoms with Gasteiger partial charge in [-0.1, -0.05) is 0 Å². The van der Waals surface area contributed by atoms with E-state index in [1.54, 1.807) is 43.7 Å². The van der Waals surface area contributed by atoms with E-state index < -0.39 is 10.0 Å². The normalized spacial score (nSPS) is 11.7. The Hall–Kier alpha value is -1.63. The maximum absolute atomic E-state index is 12.0. The summed E-state index contributed by atoms with van der Waals surface area (Å²) in [6.45, 7) is 0.885. The monoisotopic (exact) mass is 295 g/mol. The van der Waals surface area contributed by atoms with Crippen molar-refractivity contribution < 1.29 is 17.6 Å². The fourth-order valence-corrected chi connectivity index (χ4v) is 2.82. The molecule has 0 spiro atoms. The molecule has 1 heterocycles. The summed E-state index contributed by atoms with van der Waals surface area (Å²) in [4.78, 5) is 0.241. The lowest BCUT2D eigenvalue weighted by atomic mass is 10.2. The molecule has 0 unspecified atom stereocenters. The van der Waals surface area contributed by atoms with Crippen LogP contribution < -0.4 is 4.72 Å². The first kappa shape index (κ1) is 14.8. The Morgan fingerprint density at radius 1 is 1.20 bits per heavy atom. The summed E-state index contributed by atoms with van der Waals surface area (Å²) in [6, 6.07) is 10.2. The smallest absolute Gasteiger partial charge is 0.240 e. The Kier molecular flexibility index (Phi) is 4.94. The van der Waals surface area contributed by atoms with Crippen molar-refractivity contribution in [3.05, 3.63) is 42.7 Å². The number of methoxy groups -OCH3 is 1. The van der Waals surface area contributed by atoms with Crippen LogP contribution in [0.5, 0.6) is 0 Å². The van der Waals surface area contributed by atoms with Gasteiger partial charge in [-0.15, -0.1) is 0 Å². The summed E-state index contributed by atoms with van der Waals surface area (Å²) >= 11 is 0. The first-order chi connectivity index (χ1) is 9.63. The van der Waals surface area contributed by atoms with Crippen LogP contribution >= 0.6 is 0 Å². The summed E-state index contributed by atoms with van der Waals surface area (Å²) in [5.41, 5.74) is 0.841. The summed E-state index contributed by atoms with van der Waals surface area (Å²) in [5.74, 6) is 0.710. The lowest BCUT2D eigenvalue weighted by molar-refractivity contribution is 0.196. The maximum Gasteiger partial charge on any atom is 0.240 e. The standard InChI is InChI=1S/C14H17NO4S/c1-18-10-3-9-15-20(16,17)13-7-5-12(6-8-13)14-4-2-11-19-14/h2,4-8,11,15H,3,9-10H2,1H3. The van der Waals surface area contributed by atoms with E-state index in [-0.39, 0.29) is 4.90 Å². The highest BCUT2D eigenvalue weighted by molar-refractivity contribution is 7.89. The van der Waals surface area contributed by atoms with Crippen molar-refractivity contribution in [1.82, 2.24) is 4.72 Å². The molecule has 108 valence electrons. The fourth-order valence-electron chi connectivity index (χ4n) is 1.75. The van der Waals surface area contributed by atoms with Crippen LogP contribution in [0.3, 0.4) is 0 Å². The van der Waals surface area contributed by atoms with Crippen LogP contribution in [0.15, 0.2) is 52.0 Å². The summed E-state index contributed by atoms with van der Waals surface area (Å²) in [7, 11) is -1.88. The summed E-state index contributed by atoms with van der Waals surface area (Å²) in [5, 5.41) is 0. The molecule has 0 aliphatic heterocycles. The van der Waals surface area contributed by atoms with Gasteiger partial charge in [-0.05, 0) is 42.8 Å². The molecular formula is C14H17NO4S. The molecule has 0 aliphatic rings. The Bertz CT molecular complexity index is 618. The average Bonchev–Trinajstić information content (AvgIpc) is 2.98. The Morgan fingerprint density at radius 3 is 2.55 bits per heavy atom. The first-order valence-electron chi connectivity index (χ1n) is 6.26. The number of furan rings is 1. The van der Waals surface area contributed by atoms with Gasteiger partial charge in [0.15, 0.2) is 0 Å².